The van der Waals surface area contributed by atoms with Crippen LogP contribution in [0, 0.1) is 13.8 Å². The molecule has 2 heterocycles. The van der Waals surface area contributed by atoms with Crippen LogP contribution in [0.3, 0.4) is 0 Å². The molecule has 0 unspecified atom stereocenters. The predicted molar refractivity (Wildman–Crippen MR) is 268 cm³/mol. The zero-order valence-electron chi connectivity index (χ0n) is 39.1. The molecule has 7 rings (SSSR count). The molecule has 0 atom stereocenters. The first kappa shape index (κ1) is 54.3. The van der Waals surface area contributed by atoms with Crippen LogP contribution in [-0.4, -0.2) is 49.6 Å². The summed E-state index contributed by atoms with van der Waals surface area (Å²) in [5.74, 6) is -1.44. The Morgan fingerprint density at radius 1 is 0.479 bits per heavy atom. The lowest BCUT2D eigenvalue weighted by Gasteiger charge is -2.10. The normalized spacial score (nSPS) is 10.9. The molecule has 0 aliphatic carbocycles. The molecule has 16 nitrogen and oxygen atoms in total. The Labute approximate surface area is 417 Å². The molecule has 2 aromatic heterocycles. The van der Waals surface area contributed by atoms with Gasteiger partial charge in [-0.05, 0) is 117 Å². The van der Waals surface area contributed by atoms with Crippen molar-refractivity contribution >= 4 is 78.2 Å². The standard InChI is InChI=1S/C38H35ClN6O4.2C7H8O3S/c1-3-19-44-21-5-7-31(24-44)42-35(46)26-9-14-29(15-10-26)40-37(48)28-13-18-33(34(39)23-28)38(49)41-30-16-11-27(12-17-30)36(47)43-32-8-6-22-45(25-32)20-4-2;2*1-6-2-4-7(5-3-6)11(8,9)10/h5-18,21-25H,3-4,19-20H2,1-2H3,(H2-2,40,41,42,43,46,47,48,49);2*2-5H,1H3,(H,8,9,10). The molecule has 7 aromatic rings. The number of pyridine rings is 2. The van der Waals surface area contributed by atoms with Crippen LogP contribution in [-0.2, 0) is 33.3 Å². The Bertz CT molecular complexity index is 3140. The highest BCUT2D eigenvalue weighted by Gasteiger charge is 2.16. The molecular formula is C52H51ClN6O10S2. The van der Waals surface area contributed by atoms with Crippen LogP contribution in [0.5, 0.6) is 0 Å². The molecule has 19 heteroatoms. The van der Waals surface area contributed by atoms with Crippen molar-refractivity contribution < 1.29 is 54.3 Å². The Morgan fingerprint density at radius 3 is 1.20 bits per heavy atom. The van der Waals surface area contributed by atoms with E-state index in [1.807, 2.05) is 72.0 Å². The van der Waals surface area contributed by atoms with Gasteiger partial charge in [-0.15, -0.1) is 0 Å². The topological polar surface area (TPSA) is 239 Å². The maximum atomic E-state index is 13.0. The average molecular weight is 1020 g/mol. The average Bonchev–Trinajstić information content (AvgIpc) is 3.32. The summed E-state index contributed by atoms with van der Waals surface area (Å²) in [6, 6.07) is 36.4. The highest BCUT2D eigenvalue weighted by molar-refractivity contribution is 7.86. The maximum absolute atomic E-state index is 13.0. The van der Waals surface area contributed by atoms with E-state index in [4.69, 9.17) is 11.6 Å². The van der Waals surface area contributed by atoms with Crippen molar-refractivity contribution in [1.29, 1.82) is 0 Å². The summed E-state index contributed by atoms with van der Waals surface area (Å²) < 4.78 is 66.3. The maximum Gasteiger partial charge on any atom is 0.257 e. The molecule has 368 valence electrons. The minimum atomic E-state index is -4.27. The van der Waals surface area contributed by atoms with Gasteiger partial charge in [0.15, 0.2) is 24.8 Å². The van der Waals surface area contributed by atoms with Crippen LogP contribution < -0.4 is 30.4 Å². The highest BCUT2D eigenvalue weighted by Crippen LogP contribution is 2.22. The number of aryl methyl sites for hydroxylation is 4. The molecule has 0 aliphatic heterocycles. The fraction of sp³-hybridized carbons (Fsp3) is 0.154. The van der Waals surface area contributed by atoms with Gasteiger partial charge in [0.05, 0.1) is 20.4 Å². The molecule has 5 aromatic carbocycles. The lowest BCUT2D eigenvalue weighted by atomic mass is 10.1. The number of amides is 4. The minimum absolute atomic E-state index is 0.0949. The Hall–Kier alpha value is -7.61. The van der Waals surface area contributed by atoms with Gasteiger partial charge in [-0.3, -0.25) is 19.2 Å². The van der Waals surface area contributed by atoms with E-state index in [0.29, 0.717) is 33.9 Å². The summed E-state index contributed by atoms with van der Waals surface area (Å²) in [5, 5.41) is 11.4. The van der Waals surface area contributed by atoms with Gasteiger partial charge in [-0.2, -0.15) is 0 Å². The molecule has 0 saturated carbocycles. The number of benzene rings is 5. The minimum Gasteiger partial charge on any atom is -0.744 e. The van der Waals surface area contributed by atoms with Gasteiger partial charge >= 0.3 is 0 Å². The van der Waals surface area contributed by atoms with Crippen LogP contribution >= 0.6 is 11.6 Å². The van der Waals surface area contributed by atoms with Crippen LogP contribution in [0.2, 0.25) is 5.02 Å². The van der Waals surface area contributed by atoms with E-state index in [1.165, 1.54) is 42.5 Å². The lowest BCUT2D eigenvalue weighted by molar-refractivity contribution is -0.696. The second-order valence-corrected chi connectivity index (χ2v) is 19.0. The van der Waals surface area contributed by atoms with E-state index in [-0.39, 0.29) is 37.8 Å². The number of nitrogens with one attached hydrogen (secondary N) is 4. The molecule has 0 saturated heterocycles. The lowest BCUT2D eigenvalue weighted by Crippen LogP contribution is -2.33. The zero-order valence-corrected chi connectivity index (χ0v) is 41.5. The van der Waals surface area contributed by atoms with E-state index in [1.54, 1.807) is 72.8 Å². The third-order valence-corrected chi connectivity index (χ3v) is 12.1. The fourth-order valence-corrected chi connectivity index (χ4v) is 7.66. The van der Waals surface area contributed by atoms with Crippen molar-refractivity contribution in [2.45, 2.75) is 63.4 Å². The van der Waals surface area contributed by atoms with Gasteiger partial charge in [0, 0.05) is 53.0 Å². The van der Waals surface area contributed by atoms with Gasteiger partial charge in [-0.1, -0.05) is 60.8 Å². The van der Waals surface area contributed by atoms with E-state index < -0.39 is 32.1 Å². The molecule has 71 heavy (non-hydrogen) atoms. The summed E-state index contributed by atoms with van der Waals surface area (Å²) in [6.45, 7) is 9.52. The summed E-state index contributed by atoms with van der Waals surface area (Å²) in [7, 11) is -8.54. The summed E-state index contributed by atoms with van der Waals surface area (Å²) in [4.78, 5) is 51.1. The molecule has 0 radical (unpaired) electrons. The number of rotatable bonds is 14. The van der Waals surface area contributed by atoms with Crippen molar-refractivity contribution in [2.24, 2.45) is 0 Å². The first-order valence-electron chi connectivity index (χ1n) is 22.0. The third-order valence-electron chi connectivity index (χ3n) is 10.1. The van der Waals surface area contributed by atoms with Gasteiger partial charge in [0.2, 0.25) is 0 Å². The number of hydrogen-bond acceptors (Lipinski definition) is 10. The summed E-state index contributed by atoms with van der Waals surface area (Å²) >= 11 is 6.42. The van der Waals surface area contributed by atoms with Crippen LogP contribution in [0.15, 0.2) is 174 Å². The Balaban J connectivity index is 0.000000347. The molecule has 0 spiro atoms. The Kier molecular flexibility index (Phi) is 19.4. The van der Waals surface area contributed by atoms with Gasteiger partial charge in [-0.25, -0.2) is 26.0 Å². The number of carbonyl (C=O) groups excluding carboxylic acids is 4. The third kappa shape index (κ3) is 17.1. The molecule has 0 bridgehead atoms. The van der Waals surface area contributed by atoms with Crippen molar-refractivity contribution in [3.8, 4) is 0 Å². The second kappa shape index (κ2) is 25.3. The quantitative estimate of drug-likeness (QED) is 0.0598. The number of aromatic nitrogens is 2. The van der Waals surface area contributed by atoms with Crippen molar-refractivity contribution in [2.75, 3.05) is 21.3 Å². The summed E-state index contributed by atoms with van der Waals surface area (Å²) in [6.07, 6.45) is 9.61. The van der Waals surface area contributed by atoms with E-state index in [9.17, 15) is 45.1 Å². The van der Waals surface area contributed by atoms with Crippen LogP contribution in [0.4, 0.5) is 22.7 Å². The number of anilines is 4. The van der Waals surface area contributed by atoms with E-state index in [2.05, 4.69) is 35.1 Å². The number of hydrogen-bond donors (Lipinski definition) is 4. The zero-order chi connectivity index (χ0) is 51.7. The molecule has 0 aliphatic rings. The monoisotopic (exact) mass is 1020 g/mol. The second-order valence-electron chi connectivity index (χ2n) is 15.9. The number of carbonyl (C=O) groups is 4. The molecule has 4 amide bonds. The Morgan fingerprint density at radius 2 is 0.831 bits per heavy atom. The van der Waals surface area contributed by atoms with E-state index in [0.717, 1.165) is 37.1 Å². The molecule has 4 N–H and O–H groups in total. The summed E-state index contributed by atoms with van der Waals surface area (Å²) in [5.41, 5.74) is 5.49. The van der Waals surface area contributed by atoms with Gasteiger partial charge < -0.3 is 30.4 Å². The first-order chi connectivity index (χ1) is 33.7. The van der Waals surface area contributed by atoms with Crippen molar-refractivity contribution in [1.82, 2.24) is 0 Å². The number of nitrogens with zero attached hydrogens (tertiary/aromatic N) is 2. The van der Waals surface area contributed by atoms with Gasteiger partial charge in [0.25, 0.3) is 23.6 Å². The largest absolute Gasteiger partial charge is 0.744 e. The molecule has 0 fully saturated rings. The van der Waals surface area contributed by atoms with Crippen molar-refractivity contribution in [3.63, 3.8) is 0 Å². The fourth-order valence-electron chi connectivity index (χ4n) is 6.45. The molecular weight excluding hydrogens is 968 g/mol. The predicted octanol–water partition coefficient (Wildman–Crippen LogP) is 8.54. The van der Waals surface area contributed by atoms with Gasteiger partial charge in [0.1, 0.15) is 44.7 Å². The van der Waals surface area contributed by atoms with Crippen LogP contribution in [0.25, 0.3) is 0 Å². The smallest absolute Gasteiger partial charge is 0.257 e. The van der Waals surface area contributed by atoms with Crippen molar-refractivity contribution in [3.05, 3.63) is 203 Å². The highest BCUT2D eigenvalue weighted by atomic mass is 35.5. The SMILES string of the molecule is CCC[n+]1cccc(NC(=O)c2ccc(NC(=O)c3ccc(C(=O)Nc4ccc(C(=O)Nc5ccc[n+](CCC)c5)cc4)c(Cl)c3)cc2)c1.Cc1ccc(S(=O)(=O)[O-])cc1.Cc1ccc(S(=O)(=O)[O-])cc1. The van der Waals surface area contributed by atoms with Crippen LogP contribution in [0.1, 0.15) is 79.2 Å². The number of halogens is 1. The first-order valence-corrected chi connectivity index (χ1v) is 25.2. The van der Waals surface area contributed by atoms with E-state index >= 15 is 0 Å².